The lowest BCUT2D eigenvalue weighted by atomic mass is 10.0. The first-order chi connectivity index (χ1) is 12.7. The van der Waals surface area contributed by atoms with Crippen LogP contribution in [-0.2, 0) is 6.42 Å². The topological polar surface area (TPSA) is 64.5 Å². The van der Waals surface area contributed by atoms with Crippen LogP contribution in [0, 0.1) is 0 Å². The van der Waals surface area contributed by atoms with E-state index in [0.717, 1.165) is 44.0 Å². The summed E-state index contributed by atoms with van der Waals surface area (Å²) >= 11 is 0. The predicted octanol–water partition coefficient (Wildman–Crippen LogP) is 2.55. The molecule has 2 aromatic rings. The zero-order valence-corrected chi connectivity index (χ0v) is 15.7. The van der Waals surface area contributed by atoms with Gasteiger partial charge in [0.05, 0.1) is 12.6 Å². The molecule has 1 aromatic heterocycles. The number of nitrogens with one attached hydrogen (secondary N) is 1. The molecule has 1 aromatic carbocycles. The summed E-state index contributed by atoms with van der Waals surface area (Å²) in [6.07, 6.45) is 5.88. The molecule has 0 spiro atoms. The van der Waals surface area contributed by atoms with E-state index < -0.39 is 0 Å². The molecule has 0 radical (unpaired) electrons. The van der Waals surface area contributed by atoms with Gasteiger partial charge in [-0.25, -0.2) is 9.97 Å². The number of rotatable bonds is 7. The van der Waals surface area contributed by atoms with E-state index in [1.165, 1.54) is 17.7 Å². The zero-order valence-electron chi connectivity index (χ0n) is 15.7. The highest BCUT2D eigenvalue weighted by atomic mass is 16.3. The molecule has 6 nitrogen and oxygen atoms in total. The first-order valence-corrected chi connectivity index (χ1v) is 9.37. The van der Waals surface area contributed by atoms with Crippen molar-refractivity contribution in [1.82, 2.24) is 9.97 Å². The van der Waals surface area contributed by atoms with Crippen molar-refractivity contribution >= 4 is 17.3 Å². The summed E-state index contributed by atoms with van der Waals surface area (Å²) in [6.45, 7) is 1.94. The fraction of sp³-hybridized carbons (Fsp3) is 0.500. The summed E-state index contributed by atoms with van der Waals surface area (Å²) in [7, 11) is 4.10. The molecule has 1 fully saturated rings. The Morgan fingerprint density at radius 3 is 2.73 bits per heavy atom. The molecule has 140 valence electrons. The number of aliphatic hydroxyl groups excluding tert-OH is 1. The Morgan fingerprint density at radius 1 is 1.19 bits per heavy atom. The molecule has 3 rings (SSSR count). The molecule has 1 aliphatic heterocycles. The maximum absolute atomic E-state index is 9.61. The number of benzene rings is 1. The van der Waals surface area contributed by atoms with Crippen LogP contribution in [0.4, 0.5) is 17.3 Å². The van der Waals surface area contributed by atoms with Gasteiger partial charge >= 0.3 is 0 Å². The quantitative estimate of drug-likeness (QED) is 0.796. The normalized spacial score (nSPS) is 17.2. The third kappa shape index (κ3) is 4.64. The molecule has 1 aliphatic rings. The van der Waals surface area contributed by atoms with Crippen LogP contribution in [0.3, 0.4) is 0 Å². The van der Waals surface area contributed by atoms with Crippen molar-refractivity contribution in [3.63, 3.8) is 0 Å². The number of aromatic nitrogens is 2. The minimum Gasteiger partial charge on any atom is -0.394 e. The Hall–Kier alpha value is -2.34. The largest absolute Gasteiger partial charge is 0.394 e. The molecule has 2 N–H and O–H groups in total. The fourth-order valence-electron chi connectivity index (χ4n) is 3.39. The molecule has 26 heavy (non-hydrogen) atoms. The van der Waals surface area contributed by atoms with Crippen LogP contribution in [-0.4, -0.2) is 54.9 Å². The predicted molar refractivity (Wildman–Crippen MR) is 107 cm³/mol. The highest BCUT2D eigenvalue weighted by molar-refractivity contribution is 5.50. The van der Waals surface area contributed by atoms with Crippen molar-refractivity contribution in [1.29, 1.82) is 0 Å². The molecule has 0 saturated carbocycles. The number of nitrogens with zero attached hydrogens (tertiary/aromatic N) is 4. The Morgan fingerprint density at radius 2 is 2.00 bits per heavy atom. The third-order valence-corrected chi connectivity index (χ3v) is 4.96. The van der Waals surface area contributed by atoms with Crippen molar-refractivity contribution in [2.24, 2.45) is 0 Å². The summed E-state index contributed by atoms with van der Waals surface area (Å²) in [6, 6.07) is 10.8. The van der Waals surface area contributed by atoms with E-state index in [2.05, 4.69) is 49.4 Å². The van der Waals surface area contributed by atoms with Crippen molar-refractivity contribution in [2.45, 2.75) is 31.7 Å². The lowest BCUT2D eigenvalue weighted by Gasteiger charge is -2.35. The van der Waals surface area contributed by atoms with E-state index in [4.69, 9.17) is 0 Å². The average molecular weight is 355 g/mol. The highest BCUT2D eigenvalue weighted by Gasteiger charge is 2.23. The van der Waals surface area contributed by atoms with Gasteiger partial charge in [-0.2, -0.15) is 0 Å². The Labute approximate surface area is 155 Å². The molecular formula is C20H29N5O. The molecule has 0 amide bonds. The zero-order chi connectivity index (χ0) is 18.4. The van der Waals surface area contributed by atoms with Gasteiger partial charge in [-0.1, -0.05) is 12.1 Å². The summed E-state index contributed by atoms with van der Waals surface area (Å²) in [5, 5.41) is 13.0. The van der Waals surface area contributed by atoms with Crippen molar-refractivity contribution in [2.75, 3.05) is 48.9 Å². The molecular weight excluding hydrogens is 326 g/mol. The monoisotopic (exact) mass is 355 g/mol. The van der Waals surface area contributed by atoms with E-state index in [1.54, 1.807) is 6.33 Å². The van der Waals surface area contributed by atoms with Gasteiger partial charge in [0.25, 0.3) is 0 Å². The molecule has 1 saturated heterocycles. The Bertz CT molecular complexity index is 689. The van der Waals surface area contributed by atoms with E-state index in [1.807, 2.05) is 20.2 Å². The van der Waals surface area contributed by atoms with Gasteiger partial charge in [-0.05, 0) is 43.4 Å². The van der Waals surface area contributed by atoms with Crippen LogP contribution in [0.25, 0.3) is 0 Å². The molecule has 0 aliphatic carbocycles. The van der Waals surface area contributed by atoms with Gasteiger partial charge in [-0.3, -0.25) is 0 Å². The van der Waals surface area contributed by atoms with Gasteiger partial charge in [0.2, 0.25) is 0 Å². The summed E-state index contributed by atoms with van der Waals surface area (Å²) in [5.74, 6) is 1.73. The lowest BCUT2D eigenvalue weighted by molar-refractivity contribution is 0.239. The minimum atomic E-state index is 0.168. The number of aliphatic hydroxyl groups is 1. The molecule has 2 heterocycles. The van der Waals surface area contributed by atoms with E-state index >= 15 is 0 Å². The summed E-state index contributed by atoms with van der Waals surface area (Å²) in [5.41, 5.74) is 2.51. The fourth-order valence-corrected chi connectivity index (χ4v) is 3.39. The molecule has 0 bridgehead atoms. The van der Waals surface area contributed by atoms with Crippen LogP contribution >= 0.6 is 0 Å². The highest BCUT2D eigenvalue weighted by Crippen LogP contribution is 2.24. The van der Waals surface area contributed by atoms with Crippen LogP contribution < -0.4 is 15.1 Å². The summed E-state index contributed by atoms with van der Waals surface area (Å²) in [4.78, 5) is 13.1. The van der Waals surface area contributed by atoms with Crippen LogP contribution in [0.1, 0.15) is 24.8 Å². The van der Waals surface area contributed by atoms with E-state index in [9.17, 15) is 5.11 Å². The molecule has 1 atom stereocenters. The smallest absolute Gasteiger partial charge is 0.134 e. The van der Waals surface area contributed by atoms with Gasteiger partial charge in [0, 0.05) is 38.9 Å². The van der Waals surface area contributed by atoms with Crippen molar-refractivity contribution in [3.8, 4) is 0 Å². The summed E-state index contributed by atoms with van der Waals surface area (Å²) < 4.78 is 0. The Balaban J connectivity index is 1.57. The van der Waals surface area contributed by atoms with Gasteiger partial charge in [-0.15, -0.1) is 0 Å². The molecule has 1 unspecified atom stereocenters. The SMILES string of the molecule is CN(C)c1ccc(CCNc2cc(N3CCCCC3CO)ncn2)cc1. The average Bonchev–Trinajstić information content (AvgIpc) is 2.68. The van der Waals surface area contributed by atoms with Gasteiger partial charge in [0.15, 0.2) is 0 Å². The second-order valence-electron chi connectivity index (χ2n) is 7.02. The van der Waals surface area contributed by atoms with Crippen LogP contribution in [0.2, 0.25) is 0 Å². The number of hydrogen-bond donors (Lipinski definition) is 2. The van der Waals surface area contributed by atoms with Crippen LogP contribution in [0.15, 0.2) is 36.7 Å². The standard InChI is InChI=1S/C20H29N5O/c1-24(2)17-8-6-16(7-9-17)10-11-21-19-13-20(23-15-22-19)25-12-4-3-5-18(25)14-26/h6-9,13,15,18,26H,3-5,10-12,14H2,1-2H3,(H,21,22,23). The van der Waals surface area contributed by atoms with Crippen molar-refractivity contribution < 1.29 is 5.11 Å². The maximum atomic E-state index is 9.61. The van der Waals surface area contributed by atoms with Crippen molar-refractivity contribution in [3.05, 3.63) is 42.2 Å². The van der Waals surface area contributed by atoms with Gasteiger partial charge in [0.1, 0.15) is 18.0 Å². The second-order valence-corrected chi connectivity index (χ2v) is 7.02. The second kappa shape index (κ2) is 8.85. The van der Waals surface area contributed by atoms with Gasteiger partial charge < -0.3 is 20.2 Å². The lowest BCUT2D eigenvalue weighted by Crippen LogP contribution is -2.42. The number of anilines is 3. The first-order valence-electron chi connectivity index (χ1n) is 9.37. The number of hydrogen-bond acceptors (Lipinski definition) is 6. The Kier molecular flexibility index (Phi) is 6.28. The minimum absolute atomic E-state index is 0.168. The van der Waals surface area contributed by atoms with E-state index in [0.29, 0.717) is 0 Å². The molecule has 6 heteroatoms. The first kappa shape index (κ1) is 18.5. The third-order valence-electron chi connectivity index (χ3n) is 4.96. The van der Waals surface area contributed by atoms with Crippen LogP contribution in [0.5, 0.6) is 0 Å². The number of piperidine rings is 1. The maximum Gasteiger partial charge on any atom is 0.134 e. The van der Waals surface area contributed by atoms with E-state index in [-0.39, 0.29) is 12.6 Å².